The van der Waals surface area contributed by atoms with Gasteiger partial charge in [-0.3, -0.25) is 4.79 Å². The molecule has 0 saturated carbocycles. The van der Waals surface area contributed by atoms with Crippen molar-refractivity contribution in [3.8, 4) is 0 Å². The maximum absolute atomic E-state index is 11.8. The molecule has 0 aliphatic rings. The Morgan fingerprint density at radius 2 is 2.19 bits per heavy atom. The first-order chi connectivity index (χ1) is 7.65. The monoisotopic (exact) mass is 221 g/mol. The van der Waals surface area contributed by atoms with Crippen molar-refractivity contribution in [2.75, 3.05) is 7.11 Å². The Kier molecular flexibility index (Phi) is 4.35. The number of rotatable bonds is 5. The fourth-order valence-corrected chi connectivity index (χ4v) is 1.80. The summed E-state index contributed by atoms with van der Waals surface area (Å²) < 4.78 is 7.16. The van der Waals surface area contributed by atoms with Gasteiger partial charge in [-0.1, -0.05) is 19.9 Å². The lowest BCUT2D eigenvalue weighted by molar-refractivity contribution is 0.365. The molecule has 0 atom stereocenters. The van der Waals surface area contributed by atoms with Crippen LogP contribution in [0.2, 0.25) is 0 Å². The Morgan fingerprint density at radius 3 is 2.69 bits per heavy atom. The van der Waals surface area contributed by atoms with Crippen molar-refractivity contribution in [3.05, 3.63) is 40.3 Å². The van der Waals surface area contributed by atoms with Crippen molar-refractivity contribution in [2.45, 2.75) is 33.2 Å². The largest absolute Gasteiger partial charge is 0.495 e. The number of methoxy groups -OCH3 is 1. The summed E-state index contributed by atoms with van der Waals surface area (Å²) in [5.74, 6) is 0.558. The van der Waals surface area contributed by atoms with Gasteiger partial charge in [-0.25, -0.2) is 0 Å². The molecule has 0 fully saturated rings. The third-order valence-electron chi connectivity index (χ3n) is 2.63. The Morgan fingerprint density at radius 1 is 1.50 bits per heavy atom. The van der Waals surface area contributed by atoms with Crippen LogP contribution in [-0.4, -0.2) is 11.7 Å². The number of pyridine rings is 1. The predicted octanol–water partition coefficient (Wildman–Crippen LogP) is 2.44. The van der Waals surface area contributed by atoms with Crippen LogP contribution in [0.1, 0.15) is 31.5 Å². The Balaban J connectivity index is 3.42. The molecule has 0 amide bonds. The normalized spacial score (nSPS) is 10.2. The zero-order valence-corrected chi connectivity index (χ0v) is 10.2. The van der Waals surface area contributed by atoms with Gasteiger partial charge < -0.3 is 9.30 Å². The van der Waals surface area contributed by atoms with Crippen molar-refractivity contribution < 1.29 is 4.74 Å². The van der Waals surface area contributed by atoms with Gasteiger partial charge in [-0.15, -0.1) is 0 Å². The first-order valence-corrected chi connectivity index (χ1v) is 5.61. The fourth-order valence-electron chi connectivity index (χ4n) is 1.80. The lowest BCUT2D eigenvalue weighted by Gasteiger charge is -2.16. The van der Waals surface area contributed by atoms with Gasteiger partial charge in [0.1, 0.15) is 5.76 Å². The van der Waals surface area contributed by atoms with Crippen LogP contribution >= 0.6 is 0 Å². The number of aromatic nitrogens is 1. The molecule has 1 rings (SSSR count). The van der Waals surface area contributed by atoms with Gasteiger partial charge in [0.15, 0.2) is 5.43 Å². The molecule has 0 aliphatic carbocycles. The van der Waals surface area contributed by atoms with Gasteiger partial charge in [-0.05, 0) is 13.3 Å². The zero-order chi connectivity index (χ0) is 12.1. The van der Waals surface area contributed by atoms with Crippen LogP contribution in [-0.2, 0) is 17.7 Å². The molecule has 3 heteroatoms. The maximum Gasteiger partial charge on any atom is 0.185 e. The molecule has 0 aliphatic heterocycles. The molecule has 0 aromatic carbocycles. The molecule has 1 aromatic rings. The molecule has 1 heterocycles. The predicted molar refractivity (Wildman–Crippen MR) is 66.4 cm³/mol. The first kappa shape index (κ1) is 12.6. The van der Waals surface area contributed by atoms with Crippen molar-refractivity contribution in [1.29, 1.82) is 0 Å². The highest BCUT2D eigenvalue weighted by atomic mass is 16.5. The van der Waals surface area contributed by atoms with Crippen LogP contribution in [0.3, 0.4) is 0 Å². The molecule has 0 saturated heterocycles. The second-order valence-corrected chi connectivity index (χ2v) is 3.67. The average molecular weight is 221 g/mol. The minimum absolute atomic E-state index is 0.0692. The Bertz CT molecular complexity index is 432. The van der Waals surface area contributed by atoms with Gasteiger partial charge in [0.05, 0.1) is 12.8 Å². The van der Waals surface area contributed by atoms with E-state index in [-0.39, 0.29) is 5.43 Å². The molecule has 3 nitrogen and oxygen atoms in total. The van der Waals surface area contributed by atoms with Gasteiger partial charge in [0, 0.05) is 24.4 Å². The van der Waals surface area contributed by atoms with Crippen LogP contribution in [0, 0.1) is 0 Å². The highest BCUT2D eigenvalue weighted by Gasteiger charge is 2.13. The van der Waals surface area contributed by atoms with E-state index in [0.29, 0.717) is 5.76 Å². The van der Waals surface area contributed by atoms with E-state index in [1.165, 1.54) is 0 Å². The molecule has 0 N–H and O–H groups in total. The summed E-state index contributed by atoms with van der Waals surface area (Å²) in [7, 11) is 1.58. The van der Waals surface area contributed by atoms with E-state index in [1.807, 2.05) is 11.5 Å². The summed E-state index contributed by atoms with van der Waals surface area (Å²) in [4.78, 5) is 11.8. The van der Waals surface area contributed by atoms with Crippen molar-refractivity contribution >= 4 is 5.76 Å². The molecular weight excluding hydrogens is 202 g/mol. The standard InChI is InChI=1S/C13H19NO2/c1-5-7-11-12(15)8-9-14(6-2)13(11)10(3)16-4/h8-9H,3,5-7H2,1-2,4H3. The zero-order valence-electron chi connectivity index (χ0n) is 10.2. The van der Waals surface area contributed by atoms with E-state index < -0.39 is 0 Å². The van der Waals surface area contributed by atoms with E-state index in [9.17, 15) is 4.79 Å². The Hall–Kier alpha value is -1.51. The fraction of sp³-hybridized carbons (Fsp3) is 0.462. The number of ether oxygens (including phenoxy) is 1. The van der Waals surface area contributed by atoms with E-state index in [4.69, 9.17) is 4.74 Å². The van der Waals surface area contributed by atoms with E-state index >= 15 is 0 Å². The molecule has 88 valence electrons. The molecule has 0 unspecified atom stereocenters. The van der Waals surface area contributed by atoms with Crippen LogP contribution in [0.25, 0.3) is 5.76 Å². The number of hydrogen-bond donors (Lipinski definition) is 0. The SMILES string of the molecule is C=C(OC)c1c(CCC)c(=O)ccn1CC. The molecule has 1 aromatic heterocycles. The average Bonchev–Trinajstić information content (AvgIpc) is 2.30. The third-order valence-corrected chi connectivity index (χ3v) is 2.63. The lowest BCUT2D eigenvalue weighted by atomic mass is 10.1. The number of aryl methyl sites for hydroxylation is 1. The van der Waals surface area contributed by atoms with Crippen molar-refractivity contribution in [1.82, 2.24) is 4.57 Å². The van der Waals surface area contributed by atoms with Gasteiger partial charge in [-0.2, -0.15) is 0 Å². The van der Waals surface area contributed by atoms with Crippen LogP contribution in [0.4, 0.5) is 0 Å². The number of nitrogens with zero attached hydrogens (tertiary/aromatic N) is 1. The molecule has 0 radical (unpaired) electrons. The molecule has 0 spiro atoms. The highest BCUT2D eigenvalue weighted by molar-refractivity contribution is 5.57. The smallest absolute Gasteiger partial charge is 0.185 e. The highest BCUT2D eigenvalue weighted by Crippen LogP contribution is 2.17. The van der Waals surface area contributed by atoms with Crippen molar-refractivity contribution in [2.24, 2.45) is 0 Å². The summed E-state index contributed by atoms with van der Waals surface area (Å²) in [6.45, 7) is 8.75. The van der Waals surface area contributed by atoms with Crippen LogP contribution in [0.15, 0.2) is 23.6 Å². The lowest BCUT2D eigenvalue weighted by Crippen LogP contribution is -2.18. The Labute approximate surface area is 96.4 Å². The molecule has 16 heavy (non-hydrogen) atoms. The van der Waals surface area contributed by atoms with Gasteiger partial charge in [0.25, 0.3) is 0 Å². The van der Waals surface area contributed by atoms with Gasteiger partial charge >= 0.3 is 0 Å². The molecular formula is C13H19NO2. The topological polar surface area (TPSA) is 31.2 Å². The van der Waals surface area contributed by atoms with Crippen LogP contribution in [0.5, 0.6) is 0 Å². The maximum atomic E-state index is 11.8. The molecule has 0 bridgehead atoms. The van der Waals surface area contributed by atoms with E-state index in [1.54, 1.807) is 19.4 Å². The van der Waals surface area contributed by atoms with Gasteiger partial charge in [0.2, 0.25) is 0 Å². The quantitative estimate of drug-likeness (QED) is 0.715. The summed E-state index contributed by atoms with van der Waals surface area (Å²) >= 11 is 0. The summed E-state index contributed by atoms with van der Waals surface area (Å²) in [5, 5.41) is 0. The minimum Gasteiger partial charge on any atom is -0.495 e. The summed E-state index contributed by atoms with van der Waals surface area (Å²) in [5.41, 5.74) is 1.71. The van der Waals surface area contributed by atoms with E-state index in [2.05, 4.69) is 13.5 Å². The minimum atomic E-state index is 0.0692. The number of hydrogen-bond acceptors (Lipinski definition) is 2. The second-order valence-electron chi connectivity index (χ2n) is 3.67. The summed E-state index contributed by atoms with van der Waals surface area (Å²) in [6.07, 6.45) is 3.49. The van der Waals surface area contributed by atoms with Crippen LogP contribution < -0.4 is 5.43 Å². The first-order valence-electron chi connectivity index (χ1n) is 5.61. The van der Waals surface area contributed by atoms with Crippen molar-refractivity contribution in [3.63, 3.8) is 0 Å². The third kappa shape index (κ3) is 2.35. The second kappa shape index (κ2) is 5.54. The van der Waals surface area contributed by atoms with E-state index in [0.717, 1.165) is 30.6 Å². The summed E-state index contributed by atoms with van der Waals surface area (Å²) in [6, 6.07) is 1.61.